The molecule has 19 heavy (non-hydrogen) atoms. The fourth-order valence-corrected chi connectivity index (χ4v) is 2.57. The van der Waals surface area contributed by atoms with Crippen LogP contribution in [0.4, 0.5) is 5.69 Å². The number of hydrogen-bond donors (Lipinski definition) is 1. The van der Waals surface area contributed by atoms with Gasteiger partial charge in [0.15, 0.2) is 0 Å². The zero-order valence-electron chi connectivity index (χ0n) is 10.0. The van der Waals surface area contributed by atoms with Gasteiger partial charge in [0.25, 0.3) is 0 Å². The van der Waals surface area contributed by atoms with Crippen molar-refractivity contribution in [3.05, 3.63) is 64.6 Å². The van der Waals surface area contributed by atoms with Crippen molar-refractivity contribution in [2.75, 3.05) is 5.73 Å². The molecule has 0 heterocycles. The van der Waals surface area contributed by atoms with Crippen LogP contribution in [-0.2, 0) is 0 Å². The summed E-state index contributed by atoms with van der Waals surface area (Å²) in [7, 11) is 0. The van der Waals surface area contributed by atoms with Crippen LogP contribution >= 0.6 is 23.2 Å². The van der Waals surface area contributed by atoms with Gasteiger partial charge in [0.1, 0.15) is 0 Å². The molecule has 0 spiro atoms. The van der Waals surface area contributed by atoms with E-state index >= 15 is 0 Å². The summed E-state index contributed by atoms with van der Waals surface area (Å²) in [6.45, 7) is 0. The summed E-state index contributed by atoms with van der Waals surface area (Å²) < 4.78 is 0. The predicted octanol–water partition coefficient (Wildman–Crippen LogP) is 5.40. The summed E-state index contributed by atoms with van der Waals surface area (Å²) in [4.78, 5) is 0. The molecular weight excluding hydrogens is 277 g/mol. The first kappa shape index (κ1) is 12.3. The molecule has 3 aromatic carbocycles. The van der Waals surface area contributed by atoms with Crippen molar-refractivity contribution in [1.82, 2.24) is 0 Å². The zero-order valence-corrected chi connectivity index (χ0v) is 11.5. The average molecular weight is 288 g/mol. The van der Waals surface area contributed by atoms with Gasteiger partial charge in [0.2, 0.25) is 0 Å². The monoisotopic (exact) mass is 287 g/mol. The van der Waals surface area contributed by atoms with Gasteiger partial charge < -0.3 is 5.73 Å². The Kier molecular flexibility index (Phi) is 3.09. The molecule has 0 aliphatic heterocycles. The van der Waals surface area contributed by atoms with Crippen molar-refractivity contribution >= 4 is 39.7 Å². The lowest BCUT2D eigenvalue weighted by Gasteiger charge is -2.09. The van der Waals surface area contributed by atoms with Crippen LogP contribution in [0.2, 0.25) is 10.0 Å². The second kappa shape index (κ2) is 4.76. The molecule has 0 aliphatic rings. The van der Waals surface area contributed by atoms with Crippen LogP contribution in [0.5, 0.6) is 0 Å². The number of fused-ring (bicyclic) bond motifs is 1. The maximum absolute atomic E-state index is 6.23. The Morgan fingerprint density at radius 2 is 1.42 bits per heavy atom. The van der Waals surface area contributed by atoms with Crippen LogP contribution in [0.25, 0.3) is 21.9 Å². The van der Waals surface area contributed by atoms with E-state index in [4.69, 9.17) is 28.9 Å². The molecule has 1 nitrogen and oxygen atoms in total. The number of halogens is 2. The molecule has 0 saturated carbocycles. The quantitative estimate of drug-likeness (QED) is 0.596. The van der Waals surface area contributed by atoms with E-state index in [1.54, 1.807) is 0 Å². The minimum atomic E-state index is 0.571. The van der Waals surface area contributed by atoms with E-state index in [1.807, 2.05) is 48.5 Å². The number of rotatable bonds is 1. The summed E-state index contributed by atoms with van der Waals surface area (Å²) in [5, 5.41) is 3.47. The molecule has 2 N–H and O–H groups in total. The molecule has 3 rings (SSSR count). The molecular formula is C16H11Cl2N. The summed E-state index contributed by atoms with van der Waals surface area (Å²) in [5.74, 6) is 0. The third-order valence-electron chi connectivity index (χ3n) is 3.18. The molecule has 0 radical (unpaired) electrons. The highest BCUT2D eigenvalue weighted by molar-refractivity contribution is 6.36. The Morgan fingerprint density at radius 3 is 2.16 bits per heavy atom. The molecule has 0 aliphatic carbocycles. The van der Waals surface area contributed by atoms with Gasteiger partial charge in [-0.3, -0.25) is 0 Å². The zero-order chi connectivity index (χ0) is 13.4. The van der Waals surface area contributed by atoms with Crippen LogP contribution in [0, 0.1) is 0 Å². The first-order valence-electron chi connectivity index (χ1n) is 5.89. The number of anilines is 1. The van der Waals surface area contributed by atoms with Crippen molar-refractivity contribution in [3.63, 3.8) is 0 Å². The molecule has 0 aromatic heterocycles. The SMILES string of the molecule is Nc1cc(-c2ccc(Cl)c3ccccc23)ccc1Cl. The normalized spacial score (nSPS) is 10.8. The number of benzene rings is 3. The first-order chi connectivity index (χ1) is 9.16. The second-order valence-corrected chi connectivity index (χ2v) is 5.19. The van der Waals surface area contributed by atoms with E-state index in [0.717, 1.165) is 26.9 Å². The van der Waals surface area contributed by atoms with Crippen molar-refractivity contribution < 1.29 is 0 Å². The Balaban J connectivity index is 2.31. The standard InChI is InChI=1S/C16H11Cl2N/c17-14-8-6-11(12-3-1-2-4-13(12)14)10-5-7-15(18)16(19)9-10/h1-9H,19H2. The van der Waals surface area contributed by atoms with Gasteiger partial charge in [-0.1, -0.05) is 59.6 Å². The molecule has 0 atom stereocenters. The minimum absolute atomic E-state index is 0.571. The summed E-state index contributed by atoms with van der Waals surface area (Å²) in [6.07, 6.45) is 0. The topological polar surface area (TPSA) is 26.0 Å². The summed E-state index contributed by atoms with van der Waals surface area (Å²) in [5.41, 5.74) is 8.59. The fraction of sp³-hybridized carbons (Fsp3) is 0. The number of nitrogen functional groups attached to an aromatic ring is 1. The van der Waals surface area contributed by atoms with Gasteiger partial charge in [-0.15, -0.1) is 0 Å². The summed E-state index contributed by atoms with van der Waals surface area (Å²) >= 11 is 12.2. The summed E-state index contributed by atoms with van der Waals surface area (Å²) in [6, 6.07) is 17.6. The van der Waals surface area contributed by atoms with E-state index in [9.17, 15) is 0 Å². The van der Waals surface area contributed by atoms with E-state index < -0.39 is 0 Å². The Hall–Kier alpha value is -1.70. The maximum Gasteiger partial charge on any atom is 0.0635 e. The van der Waals surface area contributed by atoms with Crippen molar-refractivity contribution in [3.8, 4) is 11.1 Å². The molecule has 3 aromatic rings. The van der Waals surface area contributed by atoms with Crippen LogP contribution in [0.1, 0.15) is 0 Å². The maximum atomic E-state index is 6.23. The van der Waals surface area contributed by atoms with Crippen LogP contribution in [0.15, 0.2) is 54.6 Å². The van der Waals surface area contributed by atoms with Crippen molar-refractivity contribution in [2.24, 2.45) is 0 Å². The fourth-order valence-electron chi connectivity index (χ4n) is 2.23. The third-order valence-corrected chi connectivity index (χ3v) is 3.85. The molecule has 3 heteroatoms. The molecule has 0 bridgehead atoms. The highest BCUT2D eigenvalue weighted by Gasteiger charge is 2.07. The molecule has 0 fully saturated rings. The molecule has 0 saturated heterocycles. The van der Waals surface area contributed by atoms with E-state index in [0.29, 0.717) is 10.7 Å². The van der Waals surface area contributed by atoms with Gasteiger partial charge >= 0.3 is 0 Å². The third kappa shape index (κ3) is 2.16. The highest BCUT2D eigenvalue weighted by atomic mass is 35.5. The van der Waals surface area contributed by atoms with Crippen molar-refractivity contribution in [1.29, 1.82) is 0 Å². The first-order valence-corrected chi connectivity index (χ1v) is 6.65. The minimum Gasteiger partial charge on any atom is -0.398 e. The van der Waals surface area contributed by atoms with Crippen LogP contribution in [0.3, 0.4) is 0 Å². The Bertz CT molecular complexity index is 766. The average Bonchev–Trinajstić information content (AvgIpc) is 2.43. The highest BCUT2D eigenvalue weighted by Crippen LogP contribution is 2.34. The van der Waals surface area contributed by atoms with E-state index in [2.05, 4.69) is 6.07 Å². The molecule has 0 amide bonds. The molecule has 94 valence electrons. The largest absolute Gasteiger partial charge is 0.398 e. The number of hydrogen-bond acceptors (Lipinski definition) is 1. The van der Waals surface area contributed by atoms with Gasteiger partial charge in [-0.05, 0) is 34.7 Å². The second-order valence-electron chi connectivity index (χ2n) is 4.38. The lowest BCUT2D eigenvalue weighted by molar-refractivity contribution is 1.64. The smallest absolute Gasteiger partial charge is 0.0635 e. The van der Waals surface area contributed by atoms with Gasteiger partial charge in [0.05, 0.1) is 10.7 Å². The lowest BCUT2D eigenvalue weighted by atomic mass is 9.98. The van der Waals surface area contributed by atoms with Gasteiger partial charge in [-0.25, -0.2) is 0 Å². The van der Waals surface area contributed by atoms with E-state index in [1.165, 1.54) is 0 Å². The predicted molar refractivity (Wildman–Crippen MR) is 83.8 cm³/mol. The van der Waals surface area contributed by atoms with E-state index in [-0.39, 0.29) is 0 Å². The van der Waals surface area contributed by atoms with Crippen molar-refractivity contribution in [2.45, 2.75) is 0 Å². The van der Waals surface area contributed by atoms with Gasteiger partial charge in [-0.2, -0.15) is 0 Å². The van der Waals surface area contributed by atoms with Gasteiger partial charge in [0, 0.05) is 10.4 Å². The Morgan fingerprint density at radius 1 is 0.737 bits per heavy atom. The van der Waals surface area contributed by atoms with Crippen LogP contribution in [-0.4, -0.2) is 0 Å². The lowest BCUT2D eigenvalue weighted by Crippen LogP contribution is -1.88. The number of nitrogens with two attached hydrogens (primary N) is 1. The van der Waals surface area contributed by atoms with Crippen LogP contribution < -0.4 is 5.73 Å². The Labute approximate surface area is 121 Å². The molecule has 0 unspecified atom stereocenters.